The van der Waals surface area contributed by atoms with Crippen molar-refractivity contribution in [1.29, 1.82) is 0 Å². The molecule has 0 aromatic heterocycles. The highest BCUT2D eigenvalue weighted by atomic mass is 14.1. The van der Waals surface area contributed by atoms with E-state index in [0.29, 0.717) is 5.92 Å². The summed E-state index contributed by atoms with van der Waals surface area (Å²) in [5.41, 5.74) is 0. The Morgan fingerprint density at radius 2 is 1.58 bits per heavy atom. The van der Waals surface area contributed by atoms with E-state index < -0.39 is 0 Å². The minimum Gasteiger partial charge on any atom is -0.0880 e. The Morgan fingerprint density at radius 3 is 2.00 bits per heavy atom. The molecule has 0 N–H and O–H groups in total. The molecule has 0 heterocycles. The van der Waals surface area contributed by atoms with E-state index in [1.165, 1.54) is 12.8 Å². The molecule has 0 saturated heterocycles. The van der Waals surface area contributed by atoms with Gasteiger partial charge in [-0.15, -0.1) is 0 Å². The van der Waals surface area contributed by atoms with E-state index >= 15 is 0 Å². The van der Waals surface area contributed by atoms with E-state index in [9.17, 15) is 0 Å². The van der Waals surface area contributed by atoms with Crippen LogP contribution in [0.15, 0.2) is 12.2 Å². The van der Waals surface area contributed by atoms with E-state index in [1.54, 1.807) is 0 Å². The average molecular weight is 168 g/mol. The maximum Gasteiger partial charge on any atom is -0.0290 e. The fraction of sp³-hybridized carbons (Fsp3) is 0.833. The summed E-state index contributed by atoms with van der Waals surface area (Å²) < 4.78 is 0. The molecule has 0 amide bonds. The molecule has 0 rings (SSSR count). The predicted molar refractivity (Wildman–Crippen MR) is 57.2 cm³/mol. The first-order valence-electron chi connectivity index (χ1n) is 5.19. The summed E-state index contributed by atoms with van der Waals surface area (Å²) in [6.45, 7) is 11.4. The minimum absolute atomic E-state index is 0.705. The van der Waals surface area contributed by atoms with Gasteiger partial charge in [0.2, 0.25) is 0 Å². The number of rotatable bonds is 5. The van der Waals surface area contributed by atoms with Crippen LogP contribution in [-0.4, -0.2) is 0 Å². The van der Waals surface area contributed by atoms with Gasteiger partial charge in [0.1, 0.15) is 0 Å². The molecule has 12 heavy (non-hydrogen) atoms. The lowest BCUT2D eigenvalue weighted by atomic mass is 9.95. The smallest absolute Gasteiger partial charge is 0.0290 e. The van der Waals surface area contributed by atoms with E-state index in [0.717, 1.165) is 11.8 Å². The zero-order valence-corrected chi connectivity index (χ0v) is 9.30. The van der Waals surface area contributed by atoms with Crippen LogP contribution in [0.2, 0.25) is 0 Å². The zero-order chi connectivity index (χ0) is 9.56. The second kappa shape index (κ2) is 6.28. The lowest BCUT2D eigenvalue weighted by Gasteiger charge is -2.11. The molecule has 0 aromatic carbocycles. The molecule has 1 atom stereocenters. The molecule has 0 bridgehead atoms. The summed E-state index contributed by atoms with van der Waals surface area (Å²) >= 11 is 0. The van der Waals surface area contributed by atoms with E-state index in [-0.39, 0.29) is 0 Å². The SMILES string of the molecule is CC(C)/C=C\CC(C)CC(C)C. The topological polar surface area (TPSA) is 0 Å². The van der Waals surface area contributed by atoms with Crippen molar-refractivity contribution in [3.05, 3.63) is 12.2 Å². The van der Waals surface area contributed by atoms with Gasteiger partial charge in [-0.25, -0.2) is 0 Å². The van der Waals surface area contributed by atoms with Crippen LogP contribution in [0, 0.1) is 17.8 Å². The Kier molecular flexibility index (Phi) is 6.14. The second-order valence-electron chi connectivity index (χ2n) is 4.64. The average Bonchev–Trinajstić information content (AvgIpc) is 1.84. The van der Waals surface area contributed by atoms with E-state index in [2.05, 4.69) is 46.8 Å². The van der Waals surface area contributed by atoms with Gasteiger partial charge in [-0.3, -0.25) is 0 Å². The van der Waals surface area contributed by atoms with Crippen molar-refractivity contribution < 1.29 is 0 Å². The van der Waals surface area contributed by atoms with Crippen molar-refractivity contribution in [3.63, 3.8) is 0 Å². The maximum absolute atomic E-state index is 2.34. The molecule has 0 saturated carbocycles. The molecular formula is C12H24. The highest BCUT2D eigenvalue weighted by Crippen LogP contribution is 2.15. The first kappa shape index (κ1) is 11.7. The number of hydrogen-bond donors (Lipinski definition) is 0. The van der Waals surface area contributed by atoms with Gasteiger partial charge >= 0.3 is 0 Å². The fourth-order valence-corrected chi connectivity index (χ4v) is 1.48. The molecule has 0 nitrogen and oxygen atoms in total. The van der Waals surface area contributed by atoms with Crippen LogP contribution < -0.4 is 0 Å². The van der Waals surface area contributed by atoms with Gasteiger partial charge in [-0.05, 0) is 30.6 Å². The number of hydrogen-bond acceptors (Lipinski definition) is 0. The zero-order valence-electron chi connectivity index (χ0n) is 9.30. The quantitative estimate of drug-likeness (QED) is 0.538. The second-order valence-corrected chi connectivity index (χ2v) is 4.64. The Morgan fingerprint density at radius 1 is 1.00 bits per heavy atom. The van der Waals surface area contributed by atoms with Crippen LogP contribution in [0.1, 0.15) is 47.5 Å². The van der Waals surface area contributed by atoms with Gasteiger partial charge in [0.25, 0.3) is 0 Å². The molecule has 1 unspecified atom stereocenters. The third-order valence-corrected chi connectivity index (χ3v) is 1.93. The molecular weight excluding hydrogens is 144 g/mol. The van der Waals surface area contributed by atoms with Gasteiger partial charge in [-0.1, -0.05) is 46.8 Å². The monoisotopic (exact) mass is 168 g/mol. The van der Waals surface area contributed by atoms with Crippen molar-refractivity contribution in [2.45, 2.75) is 47.5 Å². The Balaban J connectivity index is 3.49. The molecule has 0 fully saturated rings. The predicted octanol–water partition coefficient (Wildman–Crippen LogP) is 4.27. The first-order chi connectivity index (χ1) is 5.52. The van der Waals surface area contributed by atoms with E-state index in [1.807, 2.05) is 0 Å². The molecule has 0 aliphatic carbocycles. The molecule has 72 valence electrons. The van der Waals surface area contributed by atoms with Gasteiger partial charge in [0, 0.05) is 0 Å². The molecule has 0 spiro atoms. The summed E-state index contributed by atoms with van der Waals surface area (Å²) in [6.07, 6.45) is 7.23. The van der Waals surface area contributed by atoms with Gasteiger partial charge in [0.05, 0.1) is 0 Å². The lowest BCUT2D eigenvalue weighted by Crippen LogP contribution is -1.98. The molecule has 0 aliphatic rings. The molecule has 0 aliphatic heterocycles. The summed E-state index contributed by atoms with van der Waals surface area (Å²) in [5.74, 6) is 2.39. The van der Waals surface area contributed by atoms with Crippen molar-refractivity contribution in [2.75, 3.05) is 0 Å². The van der Waals surface area contributed by atoms with Crippen LogP contribution in [-0.2, 0) is 0 Å². The van der Waals surface area contributed by atoms with Crippen molar-refractivity contribution >= 4 is 0 Å². The maximum atomic E-state index is 2.34. The van der Waals surface area contributed by atoms with Crippen molar-refractivity contribution in [2.24, 2.45) is 17.8 Å². The fourth-order valence-electron chi connectivity index (χ4n) is 1.48. The normalized spacial score (nSPS) is 14.9. The van der Waals surface area contributed by atoms with Gasteiger partial charge < -0.3 is 0 Å². The first-order valence-corrected chi connectivity index (χ1v) is 5.19. The van der Waals surface area contributed by atoms with Gasteiger partial charge in [0.15, 0.2) is 0 Å². The summed E-state index contributed by atoms with van der Waals surface area (Å²) in [5, 5.41) is 0. The highest BCUT2D eigenvalue weighted by molar-refractivity contribution is 4.85. The van der Waals surface area contributed by atoms with Crippen LogP contribution >= 0.6 is 0 Å². The molecule has 0 heteroatoms. The van der Waals surface area contributed by atoms with Gasteiger partial charge in [-0.2, -0.15) is 0 Å². The van der Waals surface area contributed by atoms with Crippen molar-refractivity contribution in [3.8, 4) is 0 Å². The highest BCUT2D eigenvalue weighted by Gasteiger charge is 2.02. The Bertz CT molecular complexity index is 120. The van der Waals surface area contributed by atoms with Crippen LogP contribution in [0.5, 0.6) is 0 Å². The lowest BCUT2D eigenvalue weighted by molar-refractivity contribution is 0.442. The summed E-state index contributed by atoms with van der Waals surface area (Å²) in [6, 6.07) is 0. The molecule has 0 aromatic rings. The van der Waals surface area contributed by atoms with Crippen molar-refractivity contribution in [1.82, 2.24) is 0 Å². The van der Waals surface area contributed by atoms with Crippen LogP contribution in [0.4, 0.5) is 0 Å². The Labute approximate surface area is 78.1 Å². The largest absolute Gasteiger partial charge is 0.0880 e. The van der Waals surface area contributed by atoms with Crippen LogP contribution in [0.25, 0.3) is 0 Å². The minimum atomic E-state index is 0.705. The summed E-state index contributed by atoms with van der Waals surface area (Å²) in [7, 11) is 0. The third kappa shape index (κ3) is 7.84. The third-order valence-electron chi connectivity index (χ3n) is 1.93. The number of allylic oxidation sites excluding steroid dienone is 2. The standard InChI is InChI=1S/C12H24/c1-10(2)7-6-8-12(5)9-11(3)4/h6-7,10-12H,8-9H2,1-5H3/b7-6-. The van der Waals surface area contributed by atoms with E-state index in [4.69, 9.17) is 0 Å². The Hall–Kier alpha value is -0.260. The van der Waals surface area contributed by atoms with Crippen LogP contribution in [0.3, 0.4) is 0 Å². The summed E-state index contributed by atoms with van der Waals surface area (Å²) in [4.78, 5) is 0. The molecule has 0 radical (unpaired) electrons.